The Hall–Kier alpha value is -0.340. The molecular weight excluding hydrogens is 102 g/mol. The normalized spacial score (nSPS) is 11.5. The molecule has 0 aliphatic heterocycles. The van der Waals surface area contributed by atoms with Gasteiger partial charge in [0.1, 0.15) is 5.60 Å². The van der Waals surface area contributed by atoms with Gasteiger partial charge in [0.2, 0.25) is 0 Å². The minimum atomic E-state index is -0.375. The molecule has 2 nitrogen and oxygen atoms in total. The Morgan fingerprint density at radius 2 is 2.00 bits per heavy atom. The molecule has 0 aromatic heterocycles. The van der Waals surface area contributed by atoms with Crippen LogP contribution in [0.3, 0.4) is 0 Å². The molecule has 0 amide bonds. The van der Waals surface area contributed by atoms with Crippen LogP contribution in [0.1, 0.15) is 20.8 Å². The van der Waals surface area contributed by atoms with Crippen LogP contribution in [-0.4, -0.2) is 5.60 Å². The van der Waals surface area contributed by atoms with E-state index in [9.17, 15) is 0 Å². The first-order valence-electron chi connectivity index (χ1n) is 2.54. The minimum Gasteiger partial charge on any atom is -0.294 e. The van der Waals surface area contributed by atoms with Gasteiger partial charge in [-0.25, -0.2) is 5.90 Å². The Bertz CT molecular complexity index is 96.7. The van der Waals surface area contributed by atoms with Crippen molar-refractivity contribution in [2.75, 3.05) is 0 Å². The lowest BCUT2D eigenvalue weighted by Gasteiger charge is -2.21. The van der Waals surface area contributed by atoms with E-state index in [-0.39, 0.29) is 5.60 Å². The summed E-state index contributed by atoms with van der Waals surface area (Å²) in [6.45, 7) is 9.32. The van der Waals surface area contributed by atoms with Crippen LogP contribution < -0.4 is 5.90 Å². The van der Waals surface area contributed by atoms with Crippen molar-refractivity contribution in [1.29, 1.82) is 0 Å². The molecule has 0 saturated heterocycles. The van der Waals surface area contributed by atoms with Crippen molar-refractivity contribution < 1.29 is 4.84 Å². The highest BCUT2D eigenvalue weighted by Gasteiger charge is 2.16. The fraction of sp³-hybridized carbons (Fsp3) is 0.667. The molecule has 0 aromatic carbocycles. The fourth-order valence-corrected chi connectivity index (χ4v) is 0.101. The van der Waals surface area contributed by atoms with E-state index in [0.717, 1.165) is 5.57 Å². The van der Waals surface area contributed by atoms with E-state index in [1.54, 1.807) is 0 Å². The van der Waals surface area contributed by atoms with Crippen LogP contribution in [0.15, 0.2) is 12.2 Å². The molecule has 0 unspecified atom stereocenters. The summed E-state index contributed by atoms with van der Waals surface area (Å²) < 4.78 is 0. The van der Waals surface area contributed by atoms with E-state index in [1.165, 1.54) is 0 Å². The van der Waals surface area contributed by atoms with Crippen molar-refractivity contribution in [3.63, 3.8) is 0 Å². The van der Waals surface area contributed by atoms with Crippen molar-refractivity contribution in [3.8, 4) is 0 Å². The van der Waals surface area contributed by atoms with Crippen LogP contribution in [0.2, 0.25) is 0 Å². The maximum Gasteiger partial charge on any atom is 0.104 e. The number of nitrogens with two attached hydrogens (primary N) is 1. The lowest BCUT2D eigenvalue weighted by molar-refractivity contribution is 0.00998. The van der Waals surface area contributed by atoms with Crippen LogP contribution in [0.25, 0.3) is 0 Å². The molecule has 2 heteroatoms. The van der Waals surface area contributed by atoms with Gasteiger partial charge in [0.25, 0.3) is 0 Å². The van der Waals surface area contributed by atoms with E-state index in [4.69, 9.17) is 5.90 Å². The average Bonchev–Trinajstić information content (AvgIpc) is 1.67. The van der Waals surface area contributed by atoms with Crippen LogP contribution in [0.5, 0.6) is 0 Å². The van der Waals surface area contributed by atoms with Gasteiger partial charge in [-0.3, -0.25) is 4.84 Å². The standard InChI is InChI=1S/C6H13NO/c1-5(2)6(3,4)8-7/h1,7H2,2-4H3. The van der Waals surface area contributed by atoms with Gasteiger partial charge in [0.05, 0.1) is 0 Å². The molecule has 0 radical (unpaired) electrons. The summed E-state index contributed by atoms with van der Waals surface area (Å²) in [7, 11) is 0. The third-order valence-electron chi connectivity index (χ3n) is 1.32. The second-order valence-electron chi connectivity index (χ2n) is 2.41. The zero-order valence-corrected chi connectivity index (χ0v) is 5.69. The summed E-state index contributed by atoms with van der Waals surface area (Å²) in [6.07, 6.45) is 0. The van der Waals surface area contributed by atoms with Crippen LogP contribution >= 0.6 is 0 Å². The zero-order chi connectivity index (χ0) is 6.78. The fourth-order valence-electron chi connectivity index (χ4n) is 0.101. The molecular formula is C6H13NO. The van der Waals surface area contributed by atoms with Gasteiger partial charge in [-0.1, -0.05) is 6.58 Å². The Labute approximate surface area is 50.3 Å². The molecule has 0 spiro atoms. The van der Waals surface area contributed by atoms with Crippen molar-refractivity contribution in [2.24, 2.45) is 5.90 Å². The third-order valence-corrected chi connectivity index (χ3v) is 1.32. The van der Waals surface area contributed by atoms with Gasteiger partial charge in [-0.15, -0.1) is 0 Å². The quantitative estimate of drug-likeness (QED) is 0.434. The van der Waals surface area contributed by atoms with E-state index in [1.807, 2.05) is 20.8 Å². The predicted octanol–water partition coefficient (Wildman–Crippen LogP) is 1.23. The van der Waals surface area contributed by atoms with Crippen molar-refractivity contribution in [2.45, 2.75) is 26.4 Å². The van der Waals surface area contributed by atoms with E-state index >= 15 is 0 Å². The summed E-state index contributed by atoms with van der Waals surface area (Å²) in [5.41, 5.74) is 0.556. The Morgan fingerprint density at radius 3 is 2.00 bits per heavy atom. The maximum atomic E-state index is 4.95. The number of hydrogen-bond donors (Lipinski definition) is 1. The minimum absolute atomic E-state index is 0.375. The van der Waals surface area contributed by atoms with Gasteiger partial charge in [0, 0.05) is 0 Å². The highest BCUT2D eigenvalue weighted by molar-refractivity contribution is 5.04. The van der Waals surface area contributed by atoms with Crippen molar-refractivity contribution in [3.05, 3.63) is 12.2 Å². The molecule has 0 saturated carbocycles. The molecule has 8 heavy (non-hydrogen) atoms. The number of rotatable bonds is 2. The highest BCUT2D eigenvalue weighted by Crippen LogP contribution is 2.14. The summed E-state index contributed by atoms with van der Waals surface area (Å²) in [5.74, 6) is 4.95. The van der Waals surface area contributed by atoms with E-state index in [2.05, 4.69) is 11.4 Å². The molecule has 48 valence electrons. The summed E-state index contributed by atoms with van der Waals surface area (Å²) in [6, 6.07) is 0. The maximum absolute atomic E-state index is 4.95. The first kappa shape index (κ1) is 7.66. The second-order valence-corrected chi connectivity index (χ2v) is 2.41. The predicted molar refractivity (Wildman–Crippen MR) is 34.2 cm³/mol. The molecule has 0 aliphatic rings. The highest BCUT2D eigenvalue weighted by atomic mass is 16.6. The first-order valence-corrected chi connectivity index (χ1v) is 2.54. The van der Waals surface area contributed by atoms with Gasteiger partial charge in [-0.05, 0) is 26.3 Å². The largest absolute Gasteiger partial charge is 0.294 e. The molecule has 2 N–H and O–H groups in total. The third kappa shape index (κ3) is 1.64. The first-order chi connectivity index (χ1) is 3.50. The van der Waals surface area contributed by atoms with Gasteiger partial charge in [0.15, 0.2) is 0 Å². The SMILES string of the molecule is C=C(C)C(C)(C)ON. The van der Waals surface area contributed by atoms with Crippen molar-refractivity contribution >= 4 is 0 Å². The zero-order valence-electron chi connectivity index (χ0n) is 5.69. The molecule has 0 atom stereocenters. The van der Waals surface area contributed by atoms with Gasteiger partial charge >= 0.3 is 0 Å². The molecule has 0 bridgehead atoms. The summed E-state index contributed by atoms with van der Waals surface area (Å²) in [5, 5.41) is 0. The van der Waals surface area contributed by atoms with Crippen LogP contribution in [-0.2, 0) is 4.84 Å². The Balaban J connectivity index is 3.91. The molecule has 0 aliphatic carbocycles. The average molecular weight is 115 g/mol. The van der Waals surface area contributed by atoms with Crippen molar-refractivity contribution in [1.82, 2.24) is 0 Å². The smallest absolute Gasteiger partial charge is 0.104 e. The molecule has 0 heterocycles. The van der Waals surface area contributed by atoms with Gasteiger partial charge in [-0.2, -0.15) is 0 Å². The lowest BCUT2D eigenvalue weighted by atomic mass is 10.0. The monoisotopic (exact) mass is 115 g/mol. The Kier molecular flexibility index (Phi) is 2.19. The lowest BCUT2D eigenvalue weighted by Crippen LogP contribution is -2.28. The Morgan fingerprint density at radius 1 is 1.62 bits per heavy atom. The summed E-state index contributed by atoms with van der Waals surface area (Å²) in [4.78, 5) is 4.60. The second kappa shape index (κ2) is 2.29. The topological polar surface area (TPSA) is 35.2 Å². The summed E-state index contributed by atoms with van der Waals surface area (Å²) >= 11 is 0. The molecule has 0 fully saturated rings. The van der Waals surface area contributed by atoms with Crippen LogP contribution in [0.4, 0.5) is 0 Å². The molecule has 0 rings (SSSR count). The van der Waals surface area contributed by atoms with Gasteiger partial charge < -0.3 is 0 Å². The van der Waals surface area contributed by atoms with E-state index < -0.39 is 0 Å². The van der Waals surface area contributed by atoms with E-state index in [0.29, 0.717) is 0 Å². The molecule has 0 aromatic rings. The number of hydrogen-bond acceptors (Lipinski definition) is 2. The van der Waals surface area contributed by atoms with Crippen LogP contribution in [0, 0.1) is 0 Å².